The molecule has 0 aromatic heterocycles. The first-order chi connectivity index (χ1) is 12.4. The quantitative estimate of drug-likeness (QED) is 0.796. The lowest BCUT2D eigenvalue weighted by Gasteiger charge is -2.45. The van der Waals surface area contributed by atoms with E-state index in [9.17, 15) is 4.79 Å². The number of hydrogen-bond acceptors (Lipinski definition) is 3. The van der Waals surface area contributed by atoms with E-state index < -0.39 is 0 Å². The van der Waals surface area contributed by atoms with Gasteiger partial charge in [-0.2, -0.15) is 0 Å². The van der Waals surface area contributed by atoms with E-state index in [1.807, 2.05) is 36.9 Å². The number of carbonyl (C=O) groups excluding carboxylic acids is 1. The van der Waals surface area contributed by atoms with Crippen molar-refractivity contribution in [3.8, 4) is 5.75 Å². The molecule has 3 rings (SSSR count). The smallest absolute Gasteiger partial charge is 0.261 e. The molecule has 1 saturated heterocycles. The van der Waals surface area contributed by atoms with Crippen LogP contribution in [-0.4, -0.2) is 42.2 Å². The monoisotopic (exact) mass is 373 g/mol. The van der Waals surface area contributed by atoms with Crippen LogP contribution in [0.15, 0.2) is 54.6 Å². The van der Waals surface area contributed by atoms with Gasteiger partial charge in [0.2, 0.25) is 0 Å². The van der Waals surface area contributed by atoms with Crippen LogP contribution in [-0.2, 0) is 16.0 Å². The van der Waals surface area contributed by atoms with E-state index in [0.29, 0.717) is 23.9 Å². The van der Waals surface area contributed by atoms with Gasteiger partial charge in [-0.15, -0.1) is 0 Å². The summed E-state index contributed by atoms with van der Waals surface area (Å²) in [6.07, 6.45) is 0.781. The van der Waals surface area contributed by atoms with Gasteiger partial charge in [0.05, 0.1) is 18.2 Å². The largest absolute Gasteiger partial charge is 0.484 e. The lowest BCUT2D eigenvalue weighted by Crippen LogP contribution is -2.59. The normalized spacial score (nSPS) is 19.2. The number of ether oxygens (including phenoxy) is 2. The van der Waals surface area contributed by atoms with Crippen molar-refractivity contribution in [2.75, 3.05) is 19.8 Å². The van der Waals surface area contributed by atoms with E-state index in [1.165, 1.54) is 5.56 Å². The molecular weight excluding hydrogens is 350 g/mol. The zero-order valence-electron chi connectivity index (χ0n) is 15.2. The third kappa shape index (κ3) is 4.77. The molecule has 2 aromatic rings. The minimum atomic E-state index is -0.354. The molecule has 0 bridgehead atoms. The molecule has 1 amide bonds. The summed E-state index contributed by atoms with van der Waals surface area (Å²) in [4.78, 5) is 14.6. The summed E-state index contributed by atoms with van der Waals surface area (Å²) >= 11 is 5.87. The van der Waals surface area contributed by atoms with Crippen molar-refractivity contribution in [3.63, 3.8) is 0 Å². The van der Waals surface area contributed by atoms with E-state index in [2.05, 4.69) is 12.1 Å². The number of benzene rings is 2. The fraction of sp³-hybridized carbons (Fsp3) is 0.381. The van der Waals surface area contributed by atoms with E-state index in [1.54, 1.807) is 24.3 Å². The summed E-state index contributed by atoms with van der Waals surface area (Å²) in [6.45, 7) is 5.11. The molecular formula is C21H24ClNO3. The zero-order valence-corrected chi connectivity index (χ0v) is 15.9. The SMILES string of the molecule is CC1(C)COC(Cc2ccccc2)CN1C(=O)COc1ccc(Cl)cc1. The van der Waals surface area contributed by atoms with Crippen molar-refractivity contribution in [3.05, 3.63) is 65.2 Å². The first-order valence-corrected chi connectivity index (χ1v) is 9.16. The van der Waals surface area contributed by atoms with Crippen LogP contribution in [0, 0.1) is 0 Å². The molecule has 5 heteroatoms. The Morgan fingerprint density at radius 2 is 1.88 bits per heavy atom. The van der Waals surface area contributed by atoms with Gasteiger partial charge in [0.1, 0.15) is 5.75 Å². The Hall–Kier alpha value is -2.04. The van der Waals surface area contributed by atoms with Crippen molar-refractivity contribution < 1.29 is 14.3 Å². The average Bonchev–Trinajstić information content (AvgIpc) is 2.63. The summed E-state index contributed by atoms with van der Waals surface area (Å²) in [7, 11) is 0. The highest BCUT2D eigenvalue weighted by Gasteiger charge is 2.38. The second kappa shape index (κ2) is 8.11. The number of morpholine rings is 1. The molecule has 0 N–H and O–H groups in total. The van der Waals surface area contributed by atoms with Gasteiger partial charge >= 0.3 is 0 Å². The topological polar surface area (TPSA) is 38.8 Å². The Kier molecular flexibility index (Phi) is 5.84. The Morgan fingerprint density at radius 3 is 2.58 bits per heavy atom. The highest BCUT2D eigenvalue weighted by atomic mass is 35.5. The molecule has 4 nitrogen and oxygen atoms in total. The molecule has 0 saturated carbocycles. The molecule has 1 aliphatic rings. The van der Waals surface area contributed by atoms with Gasteiger partial charge in [-0.05, 0) is 43.7 Å². The molecule has 1 aliphatic heterocycles. The minimum Gasteiger partial charge on any atom is -0.484 e. The molecule has 138 valence electrons. The molecule has 0 aliphatic carbocycles. The van der Waals surface area contributed by atoms with Crippen LogP contribution in [0.1, 0.15) is 19.4 Å². The number of nitrogens with zero attached hydrogens (tertiary/aromatic N) is 1. The Morgan fingerprint density at radius 1 is 1.19 bits per heavy atom. The first kappa shape index (κ1) is 18.7. The average molecular weight is 374 g/mol. The molecule has 1 fully saturated rings. The summed E-state index contributed by atoms with van der Waals surface area (Å²) < 4.78 is 11.6. The summed E-state index contributed by atoms with van der Waals surface area (Å²) in [5.74, 6) is 0.598. The van der Waals surface area contributed by atoms with Gasteiger partial charge < -0.3 is 14.4 Å². The molecule has 26 heavy (non-hydrogen) atoms. The van der Waals surface area contributed by atoms with E-state index in [-0.39, 0.29) is 24.2 Å². The van der Waals surface area contributed by atoms with Gasteiger partial charge in [0.15, 0.2) is 6.61 Å². The summed E-state index contributed by atoms with van der Waals surface area (Å²) in [5, 5.41) is 0.641. The number of carbonyl (C=O) groups is 1. The van der Waals surface area contributed by atoms with Crippen LogP contribution in [0.3, 0.4) is 0 Å². The van der Waals surface area contributed by atoms with Gasteiger partial charge in [0, 0.05) is 18.0 Å². The maximum atomic E-state index is 12.8. The number of amides is 1. The van der Waals surface area contributed by atoms with Crippen LogP contribution in [0.25, 0.3) is 0 Å². The van der Waals surface area contributed by atoms with Crippen molar-refractivity contribution in [1.82, 2.24) is 4.90 Å². The maximum Gasteiger partial charge on any atom is 0.261 e. The highest BCUT2D eigenvalue weighted by Crippen LogP contribution is 2.24. The highest BCUT2D eigenvalue weighted by molar-refractivity contribution is 6.30. The molecule has 1 heterocycles. The van der Waals surface area contributed by atoms with Crippen LogP contribution in [0.2, 0.25) is 5.02 Å². The first-order valence-electron chi connectivity index (χ1n) is 8.78. The van der Waals surface area contributed by atoms with Gasteiger partial charge in [-0.1, -0.05) is 41.9 Å². The fourth-order valence-electron chi connectivity index (χ4n) is 3.10. The van der Waals surface area contributed by atoms with Gasteiger partial charge in [-0.25, -0.2) is 0 Å². The molecule has 1 atom stereocenters. The maximum absolute atomic E-state index is 12.8. The van der Waals surface area contributed by atoms with Crippen LogP contribution in [0.4, 0.5) is 0 Å². The van der Waals surface area contributed by atoms with Crippen molar-refractivity contribution >= 4 is 17.5 Å². The molecule has 2 aromatic carbocycles. The van der Waals surface area contributed by atoms with Crippen molar-refractivity contribution in [2.24, 2.45) is 0 Å². The number of rotatable bonds is 5. The van der Waals surface area contributed by atoms with E-state index >= 15 is 0 Å². The lowest BCUT2D eigenvalue weighted by atomic mass is 9.98. The molecule has 0 radical (unpaired) electrons. The number of halogens is 1. The minimum absolute atomic E-state index is 0.00309. The van der Waals surface area contributed by atoms with Crippen LogP contribution >= 0.6 is 11.6 Å². The summed E-state index contributed by atoms with van der Waals surface area (Å²) in [6, 6.07) is 17.2. The van der Waals surface area contributed by atoms with E-state index in [0.717, 1.165) is 6.42 Å². The van der Waals surface area contributed by atoms with E-state index in [4.69, 9.17) is 21.1 Å². The van der Waals surface area contributed by atoms with Crippen LogP contribution in [0.5, 0.6) is 5.75 Å². The number of hydrogen-bond donors (Lipinski definition) is 0. The third-order valence-electron chi connectivity index (χ3n) is 4.57. The Balaban J connectivity index is 1.61. The second-order valence-electron chi connectivity index (χ2n) is 7.18. The second-order valence-corrected chi connectivity index (χ2v) is 7.62. The Bertz CT molecular complexity index is 731. The predicted octanol–water partition coefficient (Wildman–Crippen LogP) is 3.97. The molecule has 1 unspecified atom stereocenters. The Labute approximate surface area is 159 Å². The van der Waals surface area contributed by atoms with Gasteiger partial charge in [-0.3, -0.25) is 4.79 Å². The van der Waals surface area contributed by atoms with Crippen molar-refractivity contribution in [1.29, 1.82) is 0 Å². The fourth-order valence-corrected chi connectivity index (χ4v) is 3.22. The van der Waals surface area contributed by atoms with Crippen LogP contribution < -0.4 is 4.74 Å². The zero-order chi connectivity index (χ0) is 18.6. The third-order valence-corrected chi connectivity index (χ3v) is 4.82. The lowest BCUT2D eigenvalue weighted by molar-refractivity contribution is -0.156. The predicted molar refractivity (Wildman–Crippen MR) is 103 cm³/mol. The summed E-state index contributed by atoms with van der Waals surface area (Å²) in [5.41, 5.74) is 0.857. The van der Waals surface area contributed by atoms with Gasteiger partial charge in [0.25, 0.3) is 5.91 Å². The standard InChI is InChI=1S/C21H24ClNO3/c1-21(2)15-26-19(12-16-6-4-3-5-7-16)13-23(21)20(24)14-25-18-10-8-17(22)9-11-18/h3-11,19H,12-15H2,1-2H3. The van der Waals surface area contributed by atoms with Crippen molar-refractivity contribution in [2.45, 2.75) is 31.9 Å². The molecule has 0 spiro atoms.